The molecule has 0 aliphatic carbocycles. The standard InChI is InChI=1S/C10H9NO3/c1-13-6-2-3-9-7(4-6)8(11)5-10(12)14-9/h2-5H,11H2,1H3. The van der Waals surface area contributed by atoms with Gasteiger partial charge < -0.3 is 14.9 Å². The molecule has 0 saturated carbocycles. The maximum Gasteiger partial charge on any atom is 0.338 e. The Balaban J connectivity index is 2.82. The van der Waals surface area contributed by atoms with E-state index in [1.54, 1.807) is 25.3 Å². The van der Waals surface area contributed by atoms with E-state index >= 15 is 0 Å². The highest BCUT2D eigenvalue weighted by Crippen LogP contribution is 2.23. The molecule has 0 saturated heterocycles. The number of hydrogen-bond donors (Lipinski definition) is 1. The fourth-order valence-corrected chi connectivity index (χ4v) is 1.29. The van der Waals surface area contributed by atoms with Gasteiger partial charge in [-0.2, -0.15) is 0 Å². The zero-order valence-electron chi connectivity index (χ0n) is 7.61. The SMILES string of the molecule is COc1ccc2oc(=O)cc(N)c2c1. The van der Waals surface area contributed by atoms with Crippen molar-refractivity contribution < 1.29 is 9.15 Å². The van der Waals surface area contributed by atoms with E-state index in [0.717, 1.165) is 0 Å². The molecular formula is C10H9NO3. The smallest absolute Gasteiger partial charge is 0.338 e. The van der Waals surface area contributed by atoms with E-state index < -0.39 is 5.63 Å². The first-order valence-corrected chi connectivity index (χ1v) is 4.08. The lowest BCUT2D eigenvalue weighted by Gasteiger charge is -2.02. The third-order valence-corrected chi connectivity index (χ3v) is 1.98. The Labute approximate surface area is 79.9 Å². The quantitative estimate of drug-likeness (QED) is 0.691. The normalized spacial score (nSPS) is 10.4. The van der Waals surface area contributed by atoms with Gasteiger partial charge in [-0.1, -0.05) is 0 Å². The van der Waals surface area contributed by atoms with Crippen molar-refractivity contribution in [2.45, 2.75) is 0 Å². The third-order valence-electron chi connectivity index (χ3n) is 1.98. The first-order chi connectivity index (χ1) is 6.70. The Bertz CT molecular complexity index is 530. The lowest BCUT2D eigenvalue weighted by molar-refractivity contribution is 0.415. The molecule has 2 N–H and O–H groups in total. The van der Waals surface area contributed by atoms with Crippen LogP contribution < -0.4 is 16.1 Å². The summed E-state index contributed by atoms with van der Waals surface area (Å²) in [6.07, 6.45) is 0. The van der Waals surface area contributed by atoms with Gasteiger partial charge in [0.15, 0.2) is 0 Å². The first-order valence-electron chi connectivity index (χ1n) is 4.08. The summed E-state index contributed by atoms with van der Waals surface area (Å²) in [6.45, 7) is 0. The Morgan fingerprint density at radius 1 is 1.36 bits per heavy atom. The average molecular weight is 191 g/mol. The van der Waals surface area contributed by atoms with Gasteiger partial charge in [0.05, 0.1) is 7.11 Å². The summed E-state index contributed by atoms with van der Waals surface area (Å²) in [4.78, 5) is 11.0. The van der Waals surface area contributed by atoms with Crippen LogP contribution in [0.5, 0.6) is 5.75 Å². The van der Waals surface area contributed by atoms with Crippen molar-refractivity contribution in [2.75, 3.05) is 12.8 Å². The highest BCUT2D eigenvalue weighted by Gasteiger charge is 2.03. The molecule has 2 aromatic rings. The predicted molar refractivity (Wildman–Crippen MR) is 53.4 cm³/mol. The van der Waals surface area contributed by atoms with Crippen LogP contribution >= 0.6 is 0 Å². The number of hydrogen-bond acceptors (Lipinski definition) is 4. The van der Waals surface area contributed by atoms with Crippen molar-refractivity contribution in [2.24, 2.45) is 0 Å². The van der Waals surface area contributed by atoms with Gasteiger partial charge in [0.1, 0.15) is 11.3 Å². The number of ether oxygens (including phenoxy) is 1. The molecule has 0 fully saturated rings. The lowest BCUT2D eigenvalue weighted by atomic mass is 10.2. The minimum Gasteiger partial charge on any atom is -0.497 e. The van der Waals surface area contributed by atoms with Gasteiger partial charge in [-0.05, 0) is 18.2 Å². The maximum atomic E-state index is 11.0. The number of benzene rings is 1. The van der Waals surface area contributed by atoms with E-state index in [0.29, 0.717) is 22.4 Å². The van der Waals surface area contributed by atoms with E-state index in [-0.39, 0.29) is 0 Å². The highest BCUT2D eigenvalue weighted by atomic mass is 16.5. The van der Waals surface area contributed by atoms with Gasteiger partial charge in [0, 0.05) is 17.1 Å². The Morgan fingerprint density at radius 2 is 2.14 bits per heavy atom. The molecule has 4 heteroatoms. The minimum atomic E-state index is -0.444. The molecule has 1 aromatic carbocycles. The monoisotopic (exact) mass is 191 g/mol. The van der Waals surface area contributed by atoms with Gasteiger partial charge in [-0.3, -0.25) is 0 Å². The van der Waals surface area contributed by atoms with E-state index in [1.165, 1.54) is 6.07 Å². The molecule has 1 aromatic heterocycles. The fraction of sp³-hybridized carbons (Fsp3) is 0.100. The summed E-state index contributed by atoms with van der Waals surface area (Å²) in [6, 6.07) is 6.35. The molecule has 72 valence electrons. The Hall–Kier alpha value is -1.97. The highest BCUT2D eigenvalue weighted by molar-refractivity contribution is 5.89. The van der Waals surface area contributed by atoms with E-state index in [1.807, 2.05) is 0 Å². The van der Waals surface area contributed by atoms with E-state index in [2.05, 4.69) is 0 Å². The van der Waals surface area contributed by atoms with Crippen molar-refractivity contribution in [3.63, 3.8) is 0 Å². The van der Waals surface area contributed by atoms with Crippen LogP contribution in [0.4, 0.5) is 5.69 Å². The summed E-state index contributed by atoms with van der Waals surface area (Å²) < 4.78 is 9.98. The molecule has 0 bridgehead atoms. The van der Waals surface area contributed by atoms with Crippen LogP contribution in [0.25, 0.3) is 11.0 Å². The average Bonchev–Trinajstić information content (AvgIpc) is 2.17. The second kappa shape index (κ2) is 3.06. The zero-order chi connectivity index (χ0) is 10.1. The number of fused-ring (bicyclic) bond motifs is 1. The lowest BCUT2D eigenvalue weighted by Crippen LogP contribution is -2.00. The van der Waals surface area contributed by atoms with Crippen molar-refractivity contribution >= 4 is 16.7 Å². The van der Waals surface area contributed by atoms with Gasteiger partial charge in [-0.25, -0.2) is 4.79 Å². The van der Waals surface area contributed by atoms with Crippen molar-refractivity contribution in [1.82, 2.24) is 0 Å². The van der Waals surface area contributed by atoms with Gasteiger partial charge >= 0.3 is 5.63 Å². The molecule has 0 atom stereocenters. The van der Waals surface area contributed by atoms with Crippen LogP contribution in [-0.4, -0.2) is 7.11 Å². The number of anilines is 1. The van der Waals surface area contributed by atoms with Crippen LogP contribution in [0, 0.1) is 0 Å². The molecule has 2 rings (SSSR count). The summed E-state index contributed by atoms with van der Waals surface area (Å²) >= 11 is 0. The fourth-order valence-electron chi connectivity index (χ4n) is 1.29. The molecule has 0 radical (unpaired) electrons. The molecule has 0 unspecified atom stereocenters. The van der Waals surface area contributed by atoms with Gasteiger partial charge in [0.2, 0.25) is 0 Å². The predicted octanol–water partition coefficient (Wildman–Crippen LogP) is 1.38. The van der Waals surface area contributed by atoms with Crippen molar-refractivity contribution in [3.8, 4) is 5.75 Å². The van der Waals surface area contributed by atoms with Crippen LogP contribution in [-0.2, 0) is 0 Å². The van der Waals surface area contributed by atoms with E-state index in [4.69, 9.17) is 14.9 Å². The topological polar surface area (TPSA) is 65.5 Å². The number of methoxy groups -OCH3 is 1. The largest absolute Gasteiger partial charge is 0.497 e. The second-order valence-electron chi connectivity index (χ2n) is 2.88. The van der Waals surface area contributed by atoms with Crippen molar-refractivity contribution in [1.29, 1.82) is 0 Å². The minimum absolute atomic E-state index is 0.398. The molecule has 14 heavy (non-hydrogen) atoms. The Morgan fingerprint density at radius 3 is 2.86 bits per heavy atom. The number of rotatable bonds is 1. The number of nitrogens with two attached hydrogens (primary N) is 1. The van der Waals surface area contributed by atoms with Crippen LogP contribution in [0.15, 0.2) is 33.5 Å². The first kappa shape index (κ1) is 8.62. The maximum absolute atomic E-state index is 11.0. The summed E-state index contributed by atoms with van der Waals surface area (Å²) in [5.74, 6) is 0.679. The summed E-state index contributed by atoms with van der Waals surface area (Å²) in [7, 11) is 1.57. The molecule has 0 aliphatic rings. The van der Waals surface area contributed by atoms with Crippen molar-refractivity contribution in [3.05, 3.63) is 34.7 Å². The summed E-state index contributed by atoms with van der Waals surface area (Å²) in [5, 5.41) is 0.684. The third kappa shape index (κ3) is 1.31. The van der Waals surface area contributed by atoms with Gasteiger partial charge in [0.25, 0.3) is 0 Å². The number of nitrogen functional groups attached to an aromatic ring is 1. The van der Waals surface area contributed by atoms with Crippen LogP contribution in [0.3, 0.4) is 0 Å². The molecule has 0 amide bonds. The van der Waals surface area contributed by atoms with Crippen LogP contribution in [0.2, 0.25) is 0 Å². The molecule has 1 heterocycles. The zero-order valence-corrected chi connectivity index (χ0v) is 7.61. The van der Waals surface area contributed by atoms with Gasteiger partial charge in [-0.15, -0.1) is 0 Å². The molecule has 0 aliphatic heterocycles. The molecule has 4 nitrogen and oxygen atoms in total. The Kier molecular flexibility index (Phi) is 1.89. The van der Waals surface area contributed by atoms with Crippen LogP contribution in [0.1, 0.15) is 0 Å². The second-order valence-corrected chi connectivity index (χ2v) is 2.88. The molecular weight excluding hydrogens is 182 g/mol. The molecule has 0 spiro atoms. The van der Waals surface area contributed by atoms with E-state index in [9.17, 15) is 4.79 Å². The summed E-state index contributed by atoms with van der Waals surface area (Å²) in [5.41, 5.74) is 6.09.